The number of rotatable bonds is 2. The van der Waals surface area contributed by atoms with Crippen LogP contribution in [-0.2, 0) is 18.3 Å². The number of hydrogen-bond donors (Lipinski definition) is 1. The molecule has 1 aromatic rings. The molecule has 0 fully saturated rings. The molecule has 1 heterocycles. The molecule has 0 radical (unpaired) electrons. The maximum Gasteiger partial charge on any atom is 0.228 e. The molecule has 14 heavy (non-hydrogen) atoms. The number of nitrogens with one attached hydrogen (secondary N) is 1. The fraction of sp³-hybridized carbons (Fsp3) is 0.750. The summed E-state index contributed by atoms with van der Waals surface area (Å²) in [5.41, 5.74) is -0.223. The largest absolute Gasteiger partial charge is 0.351 e. The summed E-state index contributed by atoms with van der Waals surface area (Å²) in [5.74, 6) is 0.347. The van der Waals surface area contributed by atoms with E-state index in [0.29, 0.717) is 5.82 Å². The van der Waals surface area contributed by atoms with Crippen LogP contribution in [0.5, 0.6) is 0 Å². The topological polar surface area (TPSA) is 72.7 Å². The predicted molar refractivity (Wildman–Crippen MR) is 50.4 cm³/mol. The minimum absolute atomic E-state index is 0.0921. The third-order valence-corrected chi connectivity index (χ3v) is 1.38. The van der Waals surface area contributed by atoms with Gasteiger partial charge in [-0.1, -0.05) is 0 Å². The van der Waals surface area contributed by atoms with Crippen molar-refractivity contribution in [3.63, 3.8) is 0 Å². The van der Waals surface area contributed by atoms with Crippen molar-refractivity contribution in [2.75, 3.05) is 0 Å². The molecular formula is C8H15N5O. The zero-order chi connectivity index (χ0) is 10.8. The van der Waals surface area contributed by atoms with E-state index in [-0.39, 0.29) is 17.9 Å². The highest BCUT2D eigenvalue weighted by molar-refractivity contribution is 5.78. The first-order valence-corrected chi connectivity index (χ1v) is 4.41. The van der Waals surface area contributed by atoms with E-state index in [1.165, 1.54) is 4.80 Å². The molecule has 0 aliphatic heterocycles. The lowest BCUT2D eigenvalue weighted by Gasteiger charge is -2.19. The lowest BCUT2D eigenvalue weighted by atomic mass is 10.1. The number of nitrogens with zero attached hydrogens (tertiary/aromatic N) is 4. The highest BCUT2D eigenvalue weighted by Gasteiger charge is 2.15. The molecule has 0 atom stereocenters. The molecule has 1 amide bonds. The van der Waals surface area contributed by atoms with Gasteiger partial charge in [0, 0.05) is 5.54 Å². The quantitative estimate of drug-likeness (QED) is 0.704. The summed E-state index contributed by atoms with van der Waals surface area (Å²) in [6, 6.07) is 0. The van der Waals surface area contributed by atoms with Gasteiger partial charge in [0.25, 0.3) is 0 Å². The Morgan fingerprint density at radius 3 is 2.57 bits per heavy atom. The van der Waals surface area contributed by atoms with Gasteiger partial charge in [0.15, 0.2) is 5.82 Å². The van der Waals surface area contributed by atoms with E-state index in [1.54, 1.807) is 7.05 Å². The molecule has 0 aliphatic rings. The zero-order valence-corrected chi connectivity index (χ0v) is 8.90. The normalized spacial score (nSPS) is 11.4. The Balaban J connectivity index is 2.50. The Hall–Kier alpha value is -1.46. The van der Waals surface area contributed by atoms with Crippen LogP contribution >= 0.6 is 0 Å². The number of aryl methyl sites for hydroxylation is 1. The van der Waals surface area contributed by atoms with Gasteiger partial charge in [0.2, 0.25) is 5.91 Å². The van der Waals surface area contributed by atoms with Crippen LogP contribution in [0.3, 0.4) is 0 Å². The van der Waals surface area contributed by atoms with E-state index in [4.69, 9.17) is 0 Å². The van der Waals surface area contributed by atoms with Gasteiger partial charge in [0.05, 0.1) is 13.5 Å². The van der Waals surface area contributed by atoms with Crippen LogP contribution in [0.4, 0.5) is 0 Å². The maximum atomic E-state index is 11.4. The van der Waals surface area contributed by atoms with Gasteiger partial charge < -0.3 is 5.32 Å². The summed E-state index contributed by atoms with van der Waals surface area (Å²) in [4.78, 5) is 12.7. The molecule has 1 rings (SSSR count). The third kappa shape index (κ3) is 3.51. The zero-order valence-electron chi connectivity index (χ0n) is 8.90. The van der Waals surface area contributed by atoms with E-state index >= 15 is 0 Å². The number of tetrazole rings is 1. The fourth-order valence-electron chi connectivity index (χ4n) is 1.00. The van der Waals surface area contributed by atoms with Crippen molar-refractivity contribution in [1.29, 1.82) is 0 Å². The molecule has 0 unspecified atom stereocenters. The molecule has 6 heteroatoms. The monoisotopic (exact) mass is 197 g/mol. The molecule has 0 saturated carbocycles. The molecule has 1 N–H and O–H groups in total. The van der Waals surface area contributed by atoms with Gasteiger partial charge in [-0.2, -0.15) is 4.80 Å². The van der Waals surface area contributed by atoms with Gasteiger partial charge in [-0.3, -0.25) is 4.79 Å². The van der Waals surface area contributed by atoms with Gasteiger partial charge >= 0.3 is 0 Å². The Labute approximate surface area is 82.7 Å². The summed E-state index contributed by atoms with van der Waals surface area (Å²) >= 11 is 0. The van der Waals surface area contributed by atoms with Crippen molar-refractivity contribution in [3.8, 4) is 0 Å². The van der Waals surface area contributed by atoms with E-state index in [1.807, 2.05) is 20.8 Å². The van der Waals surface area contributed by atoms with E-state index in [0.717, 1.165) is 0 Å². The number of carbonyl (C=O) groups is 1. The summed E-state index contributed by atoms with van der Waals surface area (Å²) < 4.78 is 0. The van der Waals surface area contributed by atoms with Crippen molar-refractivity contribution >= 4 is 5.91 Å². The first-order chi connectivity index (χ1) is 6.37. The van der Waals surface area contributed by atoms with Crippen LogP contribution in [0.25, 0.3) is 0 Å². The number of aromatic nitrogens is 4. The molecular weight excluding hydrogens is 182 g/mol. The summed E-state index contributed by atoms with van der Waals surface area (Å²) in [6.45, 7) is 5.78. The number of carbonyl (C=O) groups excluding carboxylic acids is 1. The molecule has 0 spiro atoms. The van der Waals surface area contributed by atoms with E-state index in [2.05, 4.69) is 20.7 Å². The average Bonchev–Trinajstić information content (AvgIpc) is 2.30. The van der Waals surface area contributed by atoms with Gasteiger partial charge in [-0.15, -0.1) is 10.2 Å². The van der Waals surface area contributed by atoms with Crippen molar-refractivity contribution in [1.82, 2.24) is 25.5 Å². The van der Waals surface area contributed by atoms with Crippen LogP contribution in [0.1, 0.15) is 26.6 Å². The smallest absolute Gasteiger partial charge is 0.228 e. The second kappa shape index (κ2) is 3.73. The Morgan fingerprint density at radius 1 is 1.50 bits per heavy atom. The molecule has 0 bridgehead atoms. The van der Waals surface area contributed by atoms with Crippen molar-refractivity contribution < 1.29 is 4.79 Å². The summed E-state index contributed by atoms with van der Waals surface area (Å²) in [6.07, 6.45) is 0.172. The Bertz CT molecular complexity index is 325. The maximum absolute atomic E-state index is 11.4. The minimum atomic E-state index is -0.223. The average molecular weight is 197 g/mol. The van der Waals surface area contributed by atoms with Crippen LogP contribution in [0, 0.1) is 0 Å². The molecule has 78 valence electrons. The molecule has 0 aromatic carbocycles. The van der Waals surface area contributed by atoms with Crippen molar-refractivity contribution in [2.24, 2.45) is 7.05 Å². The SMILES string of the molecule is Cn1nnc(CC(=O)NC(C)(C)C)n1. The standard InChI is InChI=1S/C8H15N5O/c1-8(2,3)9-7(14)5-6-10-12-13(4)11-6/h5H2,1-4H3,(H,9,14). The highest BCUT2D eigenvalue weighted by atomic mass is 16.1. The number of amides is 1. The highest BCUT2D eigenvalue weighted by Crippen LogP contribution is 1.99. The lowest BCUT2D eigenvalue weighted by Crippen LogP contribution is -2.41. The third-order valence-electron chi connectivity index (χ3n) is 1.38. The van der Waals surface area contributed by atoms with Crippen LogP contribution in [-0.4, -0.2) is 31.7 Å². The minimum Gasteiger partial charge on any atom is -0.351 e. The lowest BCUT2D eigenvalue weighted by molar-refractivity contribution is -0.121. The second-order valence-corrected chi connectivity index (χ2v) is 4.17. The Kier molecular flexibility index (Phi) is 2.83. The van der Waals surface area contributed by atoms with Crippen LogP contribution in [0.15, 0.2) is 0 Å². The molecule has 0 aliphatic carbocycles. The second-order valence-electron chi connectivity index (χ2n) is 4.17. The summed E-state index contributed by atoms with van der Waals surface area (Å²) in [7, 11) is 1.66. The van der Waals surface area contributed by atoms with Crippen LogP contribution in [0.2, 0.25) is 0 Å². The van der Waals surface area contributed by atoms with Gasteiger partial charge in [-0.05, 0) is 26.0 Å². The molecule has 1 aromatic heterocycles. The number of hydrogen-bond acceptors (Lipinski definition) is 4. The first kappa shape index (κ1) is 10.6. The van der Waals surface area contributed by atoms with Crippen molar-refractivity contribution in [2.45, 2.75) is 32.7 Å². The van der Waals surface area contributed by atoms with Crippen LogP contribution < -0.4 is 5.32 Å². The van der Waals surface area contributed by atoms with E-state index < -0.39 is 0 Å². The van der Waals surface area contributed by atoms with E-state index in [9.17, 15) is 4.79 Å². The first-order valence-electron chi connectivity index (χ1n) is 4.41. The van der Waals surface area contributed by atoms with Gasteiger partial charge in [0.1, 0.15) is 0 Å². The molecule has 6 nitrogen and oxygen atoms in total. The molecule has 0 saturated heterocycles. The Morgan fingerprint density at radius 2 is 2.14 bits per heavy atom. The fourth-order valence-corrected chi connectivity index (χ4v) is 1.00. The van der Waals surface area contributed by atoms with Gasteiger partial charge in [-0.25, -0.2) is 0 Å². The summed E-state index contributed by atoms with van der Waals surface area (Å²) in [5, 5.41) is 14.1. The van der Waals surface area contributed by atoms with Crippen molar-refractivity contribution in [3.05, 3.63) is 5.82 Å². The predicted octanol–water partition coefficient (Wildman–Crippen LogP) is -0.333.